The Morgan fingerprint density at radius 2 is 0.724 bits per heavy atom. The largest absolute Gasteiger partial charge is 0.310 e. The number of hydrogen-bond acceptors (Lipinski definition) is 2. The molecule has 2 nitrogen and oxygen atoms in total. The molecule has 0 unspecified atom stereocenters. The van der Waals surface area contributed by atoms with Crippen molar-refractivity contribution in [3.63, 3.8) is 0 Å². The maximum Gasteiger partial charge on any atom is 0.0746 e. The van der Waals surface area contributed by atoms with Gasteiger partial charge < -0.3 is 9.80 Å². The van der Waals surface area contributed by atoms with Gasteiger partial charge in [0.05, 0.1) is 22.5 Å². The van der Waals surface area contributed by atoms with E-state index in [1.54, 1.807) is 0 Å². The van der Waals surface area contributed by atoms with Crippen LogP contribution in [0.1, 0.15) is 47.2 Å². The Labute approximate surface area is 445 Å². The topological polar surface area (TPSA) is 6.48 Å². The zero-order valence-corrected chi connectivity index (χ0v) is 42.5. The molecule has 0 bridgehead atoms. The van der Waals surface area contributed by atoms with Crippen LogP contribution in [-0.4, -0.2) is 0 Å². The van der Waals surface area contributed by atoms with Gasteiger partial charge in [0, 0.05) is 44.6 Å². The van der Waals surface area contributed by atoms with Gasteiger partial charge in [0.2, 0.25) is 0 Å². The molecule has 12 aromatic rings. The summed E-state index contributed by atoms with van der Waals surface area (Å²) in [5, 5.41) is 2.41. The van der Waals surface area contributed by atoms with E-state index in [1.165, 1.54) is 88.8 Å². The lowest BCUT2D eigenvalue weighted by Crippen LogP contribution is -2.29. The van der Waals surface area contributed by atoms with Gasteiger partial charge in [-0.25, -0.2) is 0 Å². The van der Waals surface area contributed by atoms with Gasteiger partial charge >= 0.3 is 0 Å². The van der Waals surface area contributed by atoms with Crippen molar-refractivity contribution < 1.29 is 0 Å². The fourth-order valence-electron chi connectivity index (χ4n) is 13.6. The number of benzene rings is 12. The highest BCUT2D eigenvalue weighted by Gasteiger charge is 2.54. The number of nitrogens with zero attached hydrogens (tertiary/aromatic N) is 2. The maximum atomic E-state index is 2.65. The van der Waals surface area contributed by atoms with Crippen molar-refractivity contribution in [3.8, 4) is 55.6 Å². The highest BCUT2D eigenvalue weighted by atomic mass is 15.2. The summed E-state index contributed by atoms with van der Waals surface area (Å²) in [6, 6.07) is 104. The summed E-state index contributed by atoms with van der Waals surface area (Å²) < 4.78 is 0. The fourth-order valence-corrected chi connectivity index (χ4v) is 13.6. The molecule has 0 radical (unpaired) electrons. The van der Waals surface area contributed by atoms with Crippen LogP contribution < -0.4 is 9.80 Å². The number of hydrogen-bond donors (Lipinski definition) is 0. The molecule has 358 valence electrons. The Morgan fingerprint density at radius 3 is 1.41 bits per heavy atom. The van der Waals surface area contributed by atoms with E-state index >= 15 is 0 Å². The van der Waals surface area contributed by atoms with Gasteiger partial charge in [-0.1, -0.05) is 244 Å². The second kappa shape index (κ2) is 17.0. The monoisotopic (exact) mass is 968 g/mol. The summed E-state index contributed by atoms with van der Waals surface area (Å²) in [6.07, 6.45) is 0. The van der Waals surface area contributed by atoms with Crippen LogP contribution in [0.15, 0.2) is 279 Å². The molecular formula is C74H52N2. The average Bonchev–Trinajstić information content (AvgIpc) is 4.06. The molecule has 2 heteroatoms. The first-order valence-electron chi connectivity index (χ1n) is 26.6. The van der Waals surface area contributed by atoms with Gasteiger partial charge in [0.1, 0.15) is 0 Å². The molecule has 15 rings (SSSR count). The number of rotatable bonds is 8. The molecule has 0 saturated carbocycles. The molecule has 0 atom stereocenters. The van der Waals surface area contributed by atoms with E-state index in [2.05, 4.69) is 303 Å². The molecule has 0 amide bonds. The van der Waals surface area contributed by atoms with E-state index in [4.69, 9.17) is 0 Å². The van der Waals surface area contributed by atoms with Gasteiger partial charge in [0.25, 0.3) is 0 Å². The lowest BCUT2D eigenvalue weighted by Gasteiger charge is -2.38. The summed E-state index contributed by atoms with van der Waals surface area (Å²) >= 11 is 0. The van der Waals surface area contributed by atoms with E-state index in [-0.39, 0.29) is 5.41 Å². The zero-order chi connectivity index (χ0) is 50.5. The quantitative estimate of drug-likeness (QED) is 0.150. The predicted octanol–water partition coefficient (Wildman–Crippen LogP) is 19.8. The van der Waals surface area contributed by atoms with Gasteiger partial charge in [-0.05, 0) is 126 Å². The third-order valence-corrected chi connectivity index (χ3v) is 16.9. The van der Waals surface area contributed by atoms with Gasteiger partial charge in [0.15, 0.2) is 0 Å². The molecule has 3 aliphatic rings. The average molecular weight is 969 g/mol. The van der Waals surface area contributed by atoms with Crippen LogP contribution in [0.2, 0.25) is 0 Å². The predicted molar refractivity (Wildman–Crippen MR) is 318 cm³/mol. The molecule has 0 saturated heterocycles. The molecule has 0 N–H and O–H groups in total. The Kier molecular flexibility index (Phi) is 9.86. The third-order valence-electron chi connectivity index (χ3n) is 16.9. The Hall–Kier alpha value is -9.50. The number of fused-ring (bicyclic) bond motifs is 14. The van der Waals surface area contributed by atoms with Crippen LogP contribution in [0.3, 0.4) is 0 Å². The third kappa shape index (κ3) is 6.34. The number of anilines is 6. The Balaban J connectivity index is 1.06. The minimum absolute atomic E-state index is 0.223. The SMILES string of the molecule is CC1(C)c2ccccc2-c2ccc(N(c3ccccc3-c3ccccc3)c3c(-c4ccc(N(c5ccccc5)c5cccc6ccccc56)cc4)ccc4c3C3(c5ccccc5-c5ccccc53)c3ccccc3-4)cc21. The molecule has 0 heterocycles. The second-order valence-electron chi connectivity index (χ2n) is 21.1. The minimum atomic E-state index is -0.644. The lowest BCUT2D eigenvalue weighted by molar-refractivity contribution is 0.660. The second-order valence-corrected chi connectivity index (χ2v) is 21.1. The van der Waals surface area contributed by atoms with E-state index < -0.39 is 5.41 Å². The first kappa shape index (κ1) is 44.0. The first-order chi connectivity index (χ1) is 37.5. The van der Waals surface area contributed by atoms with Crippen molar-refractivity contribution in [2.24, 2.45) is 0 Å². The van der Waals surface area contributed by atoms with Crippen LogP contribution in [-0.2, 0) is 10.8 Å². The van der Waals surface area contributed by atoms with Crippen LogP contribution in [0, 0.1) is 0 Å². The Bertz CT molecular complexity index is 4190. The fraction of sp³-hybridized carbons (Fsp3) is 0.0541. The first-order valence-corrected chi connectivity index (χ1v) is 26.6. The lowest BCUT2D eigenvalue weighted by atomic mass is 9.69. The van der Waals surface area contributed by atoms with Crippen LogP contribution in [0.25, 0.3) is 66.4 Å². The van der Waals surface area contributed by atoms with E-state index in [0.29, 0.717) is 0 Å². The minimum Gasteiger partial charge on any atom is -0.310 e. The molecule has 0 aromatic heterocycles. The van der Waals surface area contributed by atoms with Crippen molar-refractivity contribution >= 4 is 44.9 Å². The van der Waals surface area contributed by atoms with E-state index in [9.17, 15) is 0 Å². The van der Waals surface area contributed by atoms with Crippen LogP contribution in [0.5, 0.6) is 0 Å². The van der Waals surface area contributed by atoms with Gasteiger partial charge in [-0.3, -0.25) is 0 Å². The molecule has 0 aliphatic heterocycles. The highest BCUT2D eigenvalue weighted by molar-refractivity contribution is 6.06. The van der Waals surface area contributed by atoms with Crippen molar-refractivity contribution in [1.82, 2.24) is 0 Å². The molecule has 76 heavy (non-hydrogen) atoms. The summed E-state index contributed by atoms with van der Waals surface area (Å²) in [5.41, 5.74) is 26.1. The molecule has 0 fully saturated rings. The number of para-hydroxylation sites is 2. The van der Waals surface area contributed by atoms with E-state index in [1.807, 2.05) is 0 Å². The summed E-state index contributed by atoms with van der Waals surface area (Å²) in [6.45, 7) is 4.79. The van der Waals surface area contributed by atoms with Gasteiger partial charge in [-0.2, -0.15) is 0 Å². The van der Waals surface area contributed by atoms with E-state index in [0.717, 1.165) is 45.1 Å². The van der Waals surface area contributed by atoms with Crippen LogP contribution in [0.4, 0.5) is 34.1 Å². The normalized spacial score (nSPS) is 13.6. The van der Waals surface area contributed by atoms with Crippen LogP contribution >= 0.6 is 0 Å². The molecule has 1 spiro atoms. The zero-order valence-electron chi connectivity index (χ0n) is 42.5. The van der Waals surface area contributed by atoms with Crippen molar-refractivity contribution in [3.05, 3.63) is 312 Å². The molecular weight excluding hydrogens is 917 g/mol. The molecule has 3 aliphatic carbocycles. The molecule has 12 aromatic carbocycles. The smallest absolute Gasteiger partial charge is 0.0746 e. The van der Waals surface area contributed by atoms with Crippen molar-refractivity contribution in [2.45, 2.75) is 24.7 Å². The van der Waals surface area contributed by atoms with Gasteiger partial charge in [-0.15, -0.1) is 0 Å². The maximum absolute atomic E-state index is 2.65. The van der Waals surface area contributed by atoms with Crippen molar-refractivity contribution in [1.29, 1.82) is 0 Å². The summed E-state index contributed by atoms with van der Waals surface area (Å²) in [7, 11) is 0. The highest BCUT2D eigenvalue weighted by Crippen LogP contribution is 2.67. The summed E-state index contributed by atoms with van der Waals surface area (Å²) in [4.78, 5) is 5.05. The summed E-state index contributed by atoms with van der Waals surface area (Å²) in [5.74, 6) is 0. The standard InChI is InChI=1S/C74H52N2/c1-73(2)64-34-16-11-30-58(64)62-45-44-54(48-68(62)73)76(70-38-20-15-29-56(70)49-22-5-3-6-23-49)72-57(51-40-42-53(43-41-51)75(52-26-7-4-8-27-52)69-39-21-25-50-24-9-10-28-55(50)69)46-47-63-61-33-14-19-37-67(61)74(71(63)72)65-35-17-12-31-59(65)60-32-13-18-36-66(60)74/h3-48H,1-2H3. The Morgan fingerprint density at radius 1 is 0.276 bits per heavy atom. The van der Waals surface area contributed by atoms with Crippen molar-refractivity contribution in [2.75, 3.05) is 9.80 Å².